The molecule has 0 aliphatic rings. The van der Waals surface area contributed by atoms with Gasteiger partial charge in [-0.25, -0.2) is 0 Å². The first-order valence-electron chi connectivity index (χ1n) is 5.09. The molecule has 0 spiro atoms. The van der Waals surface area contributed by atoms with Gasteiger partial charge in [-0.05, 0) is 30.5 Å². The van der Waals surface area contributed by atoms with Gasteiger partial charge in [0.15, 0.2) is 11.0 Å². The summed E-state index contributed by atoms with van der Waals surface area (Å²) in [7, 11) is 0. The van der Waals surface area contributed by atoms with Crippen molar-refractivity contribution in [3.8, 4) is 6.07 Å². The summed E-state index contributed by atoms with van der Waals surface area (Å²) in [4.78, 5) is 2.69. The minimum atomic E-state index is -0.337. The molecule has 5 heteroatoms. The fourth-order valence-electron chi connectivity index (χ4n) is 1.42. The number of hydrogen-bond acceptors (Lipinski definition) is 3. The van der Waals surface area contributed by atoms with Gasteiger partial charge in [-0.1, -0.05) is 23.7 Å². The Morgan fingerprint density at radius 3 is 2.82 bits per heavy atom. The average molecular weight is 249 g/mol. The van der Waals surface area contributed by atoms with Crippen molar-refractivity contribution in [1.82, 2.24) is 0 Å². The Balaban J connectivity index is 2.52. The highest BCUT2D eigenvalue weighted by molar-refractivity contribution is 6.30. The van der Waals surface area contributed by atoms with Crippen LogP contribution in [0.1, 0.15) is 18.4 Å². The molecule has 0 aliphatic carbocycles. The Kier molecular flexibility index (Phi) is 5.00. The lowest BCUT2D eigenvalue weighted by atomic mass is 10.1. The van der Waals surface area contributed by atoms with Crippen LogP contribution < -0.4 is 0 Å². The van der Waals surface area contributed by atoms with Gasteiger partial charge in [-0.15, -0.1) is 0 Å². The van der Waals surface area contributed by atoms with Crippen LogP contribution in [0.25, 0.3) is 4.98 Å². The SMILES string of the molecule is N#C/C([N+]#N)=C(\O)CCCc1cccc(Cl)c1. The van der Waals surface area contributed by atoms with Crippen molar-refractivity contribution >= 4 is 11.6 Å². The number of aliphatic hydroxyl groups excluding tert-OH is 1. The maximum Gasteiger partial charge on any atom is 0.497 e. The number of rotatable bonds is 4. The van der Waals surface area contributed by atoms with Crippen LogP contribution in [0.2, 0.25) is 5.02 Å². The fraction of sp³-hybridized carbons (Fsp3) is 0.250. The van der Waals surface area contributed by atoms with E-state index in [1.165, 1.54) is 0 Å². The molecule has 0 aromatic heterocycles. The van der Waals surface area contributed by atoms with Crippen LogP contribution in [0.4, 0.5) is 0 Å². The second-order valence-electron chi connectivity index (χ2n) is 3.49. The number of halogens is 1. The number of hydrogen-bond donors (Lipinski definition) is 1. The monoisotopic (exact) mass is 248 g/mol. The highest BCUT2D eigenvalue weighted by Gasteiger charge is 2.16. The molecule has 1 rings (SSSR count). The normalized spacial score (nSPS) is 11.2. The molecule has 17 heavy (non-hydrogen) atoms. The van der Waals surface area contributed by atoms with E-state index in [1.807, 2.05) is 18.2 Å². The van der Waals surface area contributed by atoms with Gasteiger partial charge in [-0.2, -0.15) is 5.26 Å². The van der Waals surface area contributed by atoms with E-state index in [4.69, 9.17) is 22.3 Å². The smallest absolute Gasteiger partial charge is 0.497 e. The molecule has 1 N–H and O–H groups in total. The predicted molar refractivity (Wildman–Crippen MR) is 64.7 cm³/mol. The molecule has 0 heterocycles. The molecule has 0 radical (unpaired) electrons. The highest BCUT2D eigenvalue weighted by atomic mass is 35.5. The molecular weight excluding hydrogens is 238 g/mol. The van der Waals surface area contributed by atoms with Crippen molar-refractivity contribution in [2.45, 2.75) is 19.3 Å². The minimum absolute atomic E-state index is 0.197. The quantitative estimate of drug-likeness (QED) is 0.500. The van der Waals surface area contributed by atoms with Crippen molar-refractivity contribution in [2.75, 3.05) is 0 Å². The molecule has 1 aromatic rings. The molecule has 0 fully saturated rings. The van der Waals surface area contributed by atoms with E-state index in [0.717, 1.165) is 12.0 Å². The number of diazo groups is 1. The van der Waals surface area contributed by atoms with Crippen LogP contribution in [-0.4, -0.2) is 5.11 Å². The van der Waals surface area contributed by atoms with Gasteiger partial charge in [0.05, 0.1) is 0 Å². The minimum Gasteiger partial charge on any atom is -0.504 e. The molecular formula is C12H11ClN3O+. The number of aryl methyl sites for hydroxylation is 1. The molecule has 0 saturated heterocycles. The number of benzene rings is 1. The first-order chi connectivity index (χ1) is 8.17. The van der Waals surface area contributed by atoms with Crippen molar-refractivity contribution in [2.24, 2.45) is 0 Å². The summed E-state index contributed by atoms with van der Waals surface area (Å²) in [5.74, 6) is -0.197. The number of allylic oxidation sites excluding steroid dienone is 2. The molecule has 4 nitrogen and oxygen atoms in total. The fourth-order valence-corrected chi connectivity index (χ4v) is 1.63. The van der Waals surface area contributed by atoms with Crippen LogP contribution in [0, 0.1) is 16.7 Å². The van der Waals surface area contributed by atoms with Gasteiger partial charge in [0, 0.05) is 11.4 Å². The number of nitriles is 1. The van der Waals surface area contributed by atoms with Gasteiger partial charge in [-0.3, -0.25) is 0 Å². The Labute approximate surface area is 104 Å². The lowest BCUT2D eigenvalue weighted by Crippen LogP contribution is -1.90. The largest absolute Gasteiger partial charge is 0.504 e. The van der Waals surface area contributed by atoms with Crippen molar-refractivity contribution in [3.05, 3.63) is 51.3 Å². The van der Waals surface area contributed by atoms with E-state index in [0.29, 0.717) is 17.9 Å². The third-order valence-corrected chi connectivity index (χ3v) is 2.48. The van der Waals surface area contributed by atoms with Crippen LogP contribution in [0.3, 0.4) is 0 Å². The summed E-state index contributed by atoms with van der Waals surface area (Å²) < 4.78 is 0. The lowest BCUT2D eigenvalue weighted by molar-refractivity contribution is 0.380. The van der Waals surface area contributed by atoms with Crippen molar-refractivity contribution in [3.63, 3.8) is 0 Å². The van der Waals surface area contributed by atoms with Gasteiger partial charge in [0.2, 0.25) is 11.2 Å². The molecule has 0 bridgehead atoms. The zero-order valence-corrected chi connectivity index (χ0v) is 9.85. The summed E-state index contributed by atoms with van der Waals surface area (Å²) in [5, 5.41) is 27.0. The van der Waals surface area contributed by atoms with E-state index in [-0.39, 0.29) is 11.5 Å². The summed E-state index contributed by atoms with van der Waals surface area (Å²) in [5.41, 5.74) is 0.723. The Morgan fingerprint density at radius 1 is 1.47 bits per heavy atom. The van der Waals surface area contributed by atoms with E-state index in [9.17, 15) is 5.11 Å². The second kappa shape index (κ2) is 6.52. The molecule has 0 aliphatic heterocycles. The van der Waals surface area contributed by atoms with Crippen LogP contribution in [0.5, 0.6) is 0 Å². The first kappa shape index (κ1) is 13.0. The summed E-state index contributed by atoms with van der Waals surface area (Å²) in [6.07, 6.45) is 1.67. The Hall–Kier alpha value is -2.04. The van der Waals surface area contributed by atoms with Crippen molar-refractivity contribution in [1.29, 1.82) is 10.7 Å². The Bertz CT molecular complexity index is 495. The lowest BCUT2D eigenvalue weighted by Gasteiger charge is -2.00. The Morgan fingerprint density at radius 2 is 2.24 bits per heavy atom. The van der Waals surface area contributed by atoms with Crippen LogP contribution in [-0.2, 0) is 6.42 Å². The van der Waals surface area contributed by atoms with Gasteiger partial charge < -0.3 is 5.11 Å². The molecule has 0 amide bonds. The average Bonchev–Trinajstić information content (AvgIpc) is 2.30. The number of aliphatic hydroxyl groups is 1. The molecule has 0 unspecified atom stereocenters. The third kappa shape index (κ3) is 4.14. The van der Waals surface area contributed by atoms with E-state index < -0.39 is 0 Å². The first-order valence-corrected chi connectivity index (χ1v) is 5.47. The second-order valence-corrected chi connectivity index (χ2v) is 3.93. The molecule has 0 atom stereocenters. The van der Waals surface area contributed by atoms with Gasteiger partial charge in [0.25, 0.3) is 0 Å². The highest BCUT2D eigenvalue weighted by Crippen LogP contribution is 2.15. The van der Waals surface area contributed by atoms with E-state index in [1.54, 1.807) is 12.1 Å². The molecule has 86 valence electrons. The third-order valence-electron chi connectivity index (χ3n) is 2.25. The van der Waals surface area contributed by atoms with E-state index >= 15 is 0 Å². The summed E-state index contributed by atoms with van der Waals surface area (Å²) in [6.45, 7) is 0. The van der Waals surface area contributed by atoms with Crippen molar-refractivity contribution < 1.29 is 5.11 Å². The zero-order chi connectivity index (χ0) is 12.7. The maximum absolute atomic E-state index is 9.42. The number of nitrogens with zero attached hydrogens (tertiary/aromatic N) is 3. The predicted octanol–water partition coefficient (Wildman–Crippen LogP) is 3.81. The summed E-state index contributed by atoms with van der Waals surface area (Å²) in [6, 6.07) is 9.04. The molecule has 0 saturated carbocycles. The van der Waals surface area contributed by atoms with Crippen LogP contribution in [0.15, 0.2) is 35.7 Å². The molecule has 1 aromatic carbocycles. The zero-order valence-electron chi connectivity index (χ0n) is 9.10. The van der Waals surface area contributed by atoms with Crippen LogP contribution >= 0.6 is 11.6 Å². The van der Waals surface area contributed by atoms with Gasteiger partial charge >= 0.3 is 5.70 Å². The summed E-state index contributed by atoms with van der Waals surface area (Å²) >= 11 is 5.83. The van der Waals surface area contributed by atoms with Gasteiger partial charge in [0.1, 0.15) is 0 Å². The maximum atomic E-state index is 9.42. The standard InChI is InChI=1S/C12H10ClN3O/c13-10-5-1-3-9(7-10)4-2-6-12(17)11(8-14)16-15/h1,3,5,7H,2,4,6H2/p+1/b12-11+. The topological polar surface area (TPSA) is 72.2 Å². The van der Waals surface area contributed by atoms with E-state index in [2.05, 4.69) is 4.98 Å².